The highest BCUT2D eigenvalue weighted by Gasteiger charge is 2.42. The third kappa shape index (κ3) is 6.02. The van der Waals surface area contributed by atoms with E-state index in [1.165, 1.54) is 0 Å². The van der Waals surface area contributed by atoms with Crippen molar-refractivity contribution in [1.82, 2.24) is 4.90 Å². The summed E-state index contributed by atoms with van der Waals surface area (Å²) >= 11 is 1.08. The molecule has 6 nitrogen and oxygen atoms in total. The van der Waals surface area contributed by atoms with Gasteiger partial charge in [-0.3, -0.25) is 14.5 Å². The fourth-order valence-corrected chi connectivity index (χ4v) is 5.64. The van der Waals surface area contributed by atoms with Crippen molar-refractivity contribution in [3.8, 4) is 11.8 Å². The van der Waals surface area contributed by atoms with Crippen LogP contribution in [0, 0.1) is 29.1 Å². The number of hydrogen-bond donors (Lipinski definition) is 1. The van der Waals surface area contributed by atoms with Crippen LogP contribution in [0.2, 0.25) is 0 Å². The van der Waals surface area contributed by atoms with Gasteiger partial charge in [-0.15, -0.1) is 11.3 Å². The number of thiophene rings is 1. The molecule has 2 amide bonds. The number of aromatic carboxylic acids is 1. The number of amides is 2. The van der Waals surface area contributed by atoms with Crippen molar-refractivity contribution in [2.75, 3.05) is 11.4 Å². The molecule has 1 unspecified atom stereocenters. The van der Waals surface area contributed by atoms with Gasteiger partial charge in [-0.25, -0.2) is 4.79 Å². The Bertz CT molecular complexity index is 986. The maximum Gasteiger partial charge on any atom is 0.348 e. The molecule has 0 radical (unpaired) electrons. The van der Waals surface area contributed by atoms with E-state index in [0.29, 0.717) is 29.4 Å². The van der Waals surface area contributed by atoms with Gasteiger partial charge >= 0.3 is 5.97 Å². The van der Waals surface area contributed by atoms with E-state index in [1.54, 1.807) is 11.0 Å². The summed E-state index contributed by atoms with van der Waals surface area (Å²) in [5.74, 6) is 5.33. The van der Waals surface area contributed by atoms with Gasteiger partial charge in [0.05, 0.1) is 10.6 Å². The molecule has 186 valence electrons. The van der Waals surface area contributed by atoms with E-state index in [9.17, 15) is 19.5 Å². The zero-order chi connectivity index (χ0) is 25.2. The largest absolute Gasteiger partial charge is 0.477 e. The van der Waals surface area contributed by atoms with Gasteiger partial charge in [0.25, 0.3) is 0 Å². The minimum Gasteiger partial charge on any atom is -0.477 e. The van der Waals surface area contributed by atoms with Crippen LogP contribution in [0.5, 0.6) is 0 Å². The summed E-state index contributed by atoms with van der Waals surface area (Å²) in [6.45, 7) is 12.8. The lowest BCUT2D eigenvalue weighted by atomic mass is 9.82. The zero-order valence-corrected chi connectivity index (χ0v) is 22.1. The molecule has 0 bridgehead atoms. The molecule has 1 aromatic heterocycles. The number of carbonyl (C=O) groups excluding carboxylic acids is 2. The first kappa shape index (κ1) is 26.3. The van der Waals surface area contributed by atoms with E-state index in [-0.39, 0.29) is 34.1 Å². The molecular formula is C27H38N2O4S. The number of piperidine rings is 1. The zero-order valence-electron chi connectivity index (χ0n) is 21.3. The number of anilines is 1. The molecule has 34 heavy (non-hydrogen) atoms. The summed E-state index contributed by atoms with van der Waals surface area (Å²) in [6, 6.07) is 1.05. The lowest BCUT2D eigenvalue weighted by molar-refractivity contribution is -0.139. The highest BCUT2D eigenvalue weighted by molar-refractivity contribution is 7.15. The predicted octanol–water partition coefficient (Wildman–Crippen LogP) is 5.40. The molecule has 0 spiro atoms. The second-order valence-corrected chi connectivity index (χ2v) is 12.1. The van der Waals surface area contributed by atoms with E-state index in [1.807, 2.05) is 39.5 Å². The van der Waals surface area contributed by atoms with Crippen LogP contribution in [0.3, 0.4) is 0 Å². The monoisotopic (exact) mass is 486 g/mol. The van der Waals surface area contributed by atoms with Gasteiger partial charge in [-0.1, -0.05) is 18.8 Å². The summed E-state index contributed by atoms with van der Waals surface area (Å²) in [4.78, 5) is 43.8. The summed E-state index contributed by atoms with van der Waals surface area (Å²) in [7, 11) is 0. The number of carboxylic acids is 1. The summed E-state index contributed by atoms with van der Waals surface area (Å²) in [5.41, 5.74) is 0.0853. The van der Waals surface area contributed by atoms with Crippen LogP contribution in [-0.2, 0) is 9.59 Å². The lowest BCUT2D eigenvalue weighted by Gasteiger charge is -2.41. The number of carbonyl (C=O) groups is 3. The second-order valence-electron chi connectivity index (χ2n) is 11.1. The molecule has 1 atom stereocenters. The first-order valence-corrected chi connectivity index (χ1v) is 13.2. The normalized spacial score (nSPS) is 23.4. The van der Waals surface area contributed by atoms with Crippen molar-refractivity contribution >= 4 is 34.8 Å². The first-order valence-electron chi connectivity index (χ1n) is 12.4. The lowest BCUT2D eigenvalue weighted by Crippen LogP contribution is -2.57. The van der Waals surface area contributed by atoms with Crippen molar-refractivity contribution in [1.29, 1.82) is 0 Å². The first-order chi connectivity index (χ1) is 15.9. The Kier molecular flexibility index (Phi) is 8.13. The van der Waals surface area contributed by atoms with Gasteiger partial charge in [0, 0.05) is 23.9 Å². The van der Waals surface area contributed by atoms with Gasteiger partial charge in [0.15, 0.2) is 0 Å². The Hall–Kier alpha value is -2.33. The Morgan fingerprint density at radius 1 is 1.18 bits per heavy atom. The Morgan fingerprint density at radius 3 is 2.38 bits per heavy atom. The number of hydrogen-bond acceptors (Lipinski definition) is 4. The number of likely N-dealkylation sites (tertiary alicyclic amines) is 1. The smallest absolute Gasteiger partial charge is 0.348 e. The van der Waals surface area contributed by atoms with Crippen LogP contribution in [-0.4, -0.2) is 46.4 Å². The highest BCUT2D eigenvalue weighted by Crippen LogP contribution is 2.38. The fourth-order valence-electron chi connectivity index (χ4n) is 4.80. The van der Waals surface area contributed by atoms with E-state index < -0.39 is 12.0 Å². The van der Waals surface area contributed by atoms with Crippen LogP contribution >= 0.6 is 11.3 Å². The molecule has 1 saturated heterocycles. The molecule has 1 N–H and O–H groups in total. The van der Waals surface area contributed by atoms with E-state index in [0.717, 1.165) is 43.4 Å². The average Bonchev–Trinajstić information content (AvgIpc) is 3.17. The van der Waals surface area contributed by atoms with Crippen molar-refractivity contribution in [2.24, 2.45) is 17.3 Å². The third-order valence-electron chi connectivity index (χ3n) is 6.71. The number of nitrogens with zero attached hydrogens (tertiary/aromatic N) is 2. The van der Waals surface area contributed by atoms with Crippen molar-refractivity contribution in [2.45, 2.75) is 92.2 Å². The second kappa shape index (κ2) is 10.5. The van der Waals surface area contributed by atoms with Crippen molar-refractivity contribution < 1.29 is 19.5 Å². The quantitative estimate of drug-likeness (QED) is 0.565. The fraction of sp³-hybridized carbons (Fsp3) is 0.667. The summed E-state index contributed by atoms with van der Waals surface area (Å²) in [6.07, 6.45) is 4.80. The van der Waals surface area contributed by atoms with Gasteiger partial charge < -0.3 is 10.0 Å². The van der Waals surface area contributed by atoms with E-state index >= 15 is 0 Å². The van der Waals surface area contributed by atoms with Gasteiger partial charge in [-0.2, -0.15) is 0 Å². The van der Waals surface area contributed by atoms with Crippen LogP contribution in [0.1, 0.15) is 94.6 Å². The maximum absolute atomic E-state index is 14.0. The molecule has 0 aromatic carbocycles. The minimum absolute atomic E-state index is 0.0254. The van der Waals surface area contributed by atoms with E-state index in [2.05, 4.69) is 18.8 Å². The average molecular weight is 487 g/mol. The van der Waals surface area contributed by atoms with Gasteiger partial charge in [-0.05, 0) is 85.1 Å². The molecule has 2 heterocycles. The van der Waals surface area contributed by atoms with Gasteiger partial charge in [0.1, 0.15) is 10.9 Å². The van der Waals surface area contributed by atoms with Crippen molar-refractivity contribution in [3.63, 3.8) is 0 Å². The van der Waals surface area contributed by atoms with Crippen LogP contribution < -0.4 is 4.90 Å². The van der Waals surface area contributed by atoms with Crippen LogP contribution in [0.25, 0.3) is 0 Å². The Morgan fingerprint density at radius 2 is 1.82 bits per heavy atom. The number of carboxylic acid groups (broad SMARTS) is 1. The third-order valence-corrected chi connectivity index (χ3v) is 7.74. The molecule has 3 rings (SSSR count). The molecular weight excluding hydrogens is 448 g/mol. The Balaban J connectivity index is 2.09. The molecule has 1 aliphatic carbocycles. The molecule has 1 aromatic rings. The van der Waals surface area contributed by atoms with Crippen molar-refractivity contribution in [3.05, 3.63) is 15.8 Å². The predicted molar refractivity (Wildman–Crippen MR) is 136 cm³/mol. The molecule has 2 aliphatic rings. The molecule has 1 aliphatic heterocycles. The molecule has 2 fully saturated rings. The van der Waals surface area contributed by atoms with Gasteiger partial charge in [0.2, 0.25) is 11.8 Å². The molecule has 1 saturated carbocycles. The highest BCUT2D eigenvalue weighted by atomic mass is 32.1. The SMILES string of the molecule is CC1CCC(C(=O)N(c2cc(C#CC(C)(C)C)sc2C(=O)O)C2CCCN(C(C)C)C2=O)CC1. The standard InChI is InChI=1S/C27H38N2O4S/c1-17(2)28-15-7-8-21(25(28)31)29(24(30)19-11-9-18(3)10-12-19)22-16-20(13-14-27(4,5)6)34-23(22)26(32)33/h16-19,21H,7-12,15H2,1-6H3,(H,32,33). The van der Waals surface area contributed by atoms with Crippen LogP contribution in [0.4, 0.5) is 5.69 Å². The summed E-state index contributed by atoms with van der Waals surface area (Å²) < 4.78 is 0. The summed E-state index contributed by atoms with van der Waals surface area (Å²) in [5, 5.41) is 10.0. The topological polar surface area (TPSA) is 77.9 Å². The van der Waals surface area contributed by atoms with Crippen LogP contribution in [0.15, 0.2) is 6.07 Å². The van der Waals surface area contributed by atoms with E-state index in [4.69, 9.17) is 0 Å². The minimum atomic E-state index is -1.09. The Labute approximate surface area is 207 Å². The number of rotatable bonds is 5. The molecule has 7 heteroatoms. The maximum atomic E-state index is 14.0.